The smallest absolute Gasteiger partial charge is 0.335 e. The monoisotopic (exact) mass is 335 g/mol. The van der Waals surface area contributed by atoms with E-state index in [0.29, 0.717) is 11.3 Å². The topological polar surface area (TPSA) is 92.7 Å². The predicted octanol–water partition coefficient (Wildman–Crippen LogP) is 2.81. The second-order valence-corrected chi connectivity index (χ2v) is 6.66. The zero-order chi connectivity index (χ0) is 17.2. The van der Waals surface area contributed by atoms with Crippen molar-refractivity contribution in [1.29, 1.82) is 0 Å². The molecule has 2 aromatic rings. The van der Waals surface area contributed by atoms with Crippen molar-refractivity contribution < 1.29 is 23.1 Å². The molecule has 2 aromatic carbocycles. The van der Waals surface area contributed by atoms with Gasteiger partial charge < -0.3 is 9.84 Å². The number of methoxy groups -OCH3 is 1. The Morgan fingerprint density at radius 1 is 1.13 bits per heavy atom. The molecular formula is C16H17NO5S. The van der Waals surface area contributed by atoms with Gasteiger partial charge in [0.1, 0.15) is 5.75 Å². The van der Waals surface area contributed by atoms with Gasteiger partial charge in [-0.25, -0.2) is 13.2 Å². The summed E-state index contributed by atoms with van der Waals surface area (Å²) < 4.78 is 32.7. The minimum absolute atomic E-state index is 0.00725. The van der Waals surface area contributed by atoms with Gasteiger partial charge in [-0.2, -0.15) is 0 Å². The van der Waals surface area contributed by atoms with Crippen LogP contribution in [0.4, 0.5) is 5.69 Å². The predicted molar refractivity (Wildman–Crippen MR) is 86.7 cm³/mol. The Labute approximate surface area is 134 Å². The van der Waals surface area contributed by atoms with E-state index in [9.17, 15) is 13.2 Å². The summed E-state index contributed by atoms with van der Waals surface area (Å²) in [4.78, 5) is 11.1. The van der Waals surface area contributed by atoms with E-state index in [0.717, 1.165) is 5.56 Å². The lowest BCUT2D eigenvalue weighted by atomic mass is 10.1. The summed E-state index contributed by atoms with van der Waals surface area (Å²) in [7, 11) is -2.31. The fourth-order valence-electron chi connectivity index (χ4n) is 2.21. The standard InChI is InChI=1S/C16H17NO5S/c1-10-11(2)15(8-7-14(10)22-3)23(20,21)17-13-6-4-5-12(9-13)16(18)19/h4-9,17H,1-3H3,(H,18,19). The first-order chi connectivity index (χ1) is 10.8. The van der Waals surface area contributed by atoms with Crippen LogP contribution in [0.1, 0.15) is 21.5 Å². The maximum atomic E-state index is 12.6. The van der Waals surface area contributed by atoms with Gasteiger partial charge in [-0.1, -0.05) is 6.07 Å². The third-order valence-electron chi connectivity index (χ3n) is 3.56. The van der Waals surface area contributed by atoms with Gasteiger partial charge >= 0.3 is 5.97 Å². The number of carbonyl (C=O) groups is 1. The van der Waals surface area contributed by atoms with E-state index in [1.165, 1.54) is 37.4 Å². The fraction of sp³-hybridized carbons (Fsp3) is 0.188. The number of hydrogen-bond acceptors (Lipinski definition) is 4. The first-order valence-electron chi connectivity index (χ1n) is 6.76. The highest BCUT2D eigenvalue weighted by Crippen LogP contribution is 2.28. The Kier molecular flexibility index (Phi) is 4.60. The van der Waals surface area contributed by atoms with Crippen LogP contribution in [0.2, 0.25) is 0 Å². The van der Waals surface area contributed by atoms with Crippen LogP contribution in [-0.2, 0) is 10.0 Å². The van der Waals surface area contributed by atoms with E-state index in [-0.39, 0.29) is 16.1 Å². The number of ether oxygens (including phenoxy) is 1. The van der Waals surface area contributed by atoms with E-state index in [1.807, 2.05) is 0 Å². The first kappa shape index (κ1) is 16.8. The van der Waals surface area contributed by atoms with Gasteiger partial charge in [-0.05, 0) is 55.3 Å². The zero-order valence-corrected chi connectivity index (χ0v) is 13.8. The summed E-state index contributed by atoms with van der Waals surface area (Å²) in [6, 6.07) is 8.69. The third kappa shape index (κ3) is 3.45. The molecule has 0 aromatic heterocycles. The summed E-state index contributed by atoms with van der Waals surface area (Å²) in [5.41, 5.74) is 1.51. The maximum Gasteiger partial charge on any atom is 0.335 e. The lowest BCUT2D eigenvalue weighted by Gasteiger charge is -2.14. The summed E-state index contributed by atoms with van der Waals surface area (Å²) >= 11 is 0. The number of anilines is 1. The quantitative estimate of drug-likeness (QED) is 0.876. The molecule has 6 nitrogen and oxygen atoms in total. The number of sulfonamides is 1. The molecule has 0 saturated heterocycles. The van der Waals surface area contributed by atoms with Crippen LogP contribution in [0.5, 0.6) is 5.75 Å². The summed E-state index contributed by atoms with van der Waals surface area (Å²) in [6.07, 6.45) is 0. The minimum Gasteiger partial charge on any atom is -0.496 e. The average molecular weight is 335 g/mol. The van der Waals surface area contributed by atoms with Crippen molar-refractivity contribution in [1.82, 2.24) is 0 Å². The van der Waals surface area contributed by atoms with Crippen LogP contribution in [0.3, 0.4) is 0 Å². The van der Waals surface area contributed by atoms with Crippen LogP contribution in [0.25, 0.3) is 0 Å². The number of benzene rings is 2. The van der Waals surface area contributed by atoms with Crippen molar-refractivity contribution in [3.8, 4) is 5.75 Å². The van der Waals surface area contributed by atoms with E-state index in [1.54, 1.807) is 19.9 Å². The fourth-order valence-corrected chi connectivity index (χ4v) is 3.56. The molecule has 0 aliphatic heterocycles. The number of aromatic carboxylic acids is 1. The second kappa shape index (κ2) is 6.29. The van der Waals surface area contributed by atoms with Crippen LogP contribution < -0.4 is 9.46 Å². The molecule has 0 aliphatic carbocycles. The number of nitrogens with one attached hydrogen (secondary N) is 1. The van der Waals surface area contributed by atoms with Crippen molar-refractivity contribution in [3.05, 3.63) is 53.1 Å². The largest absolute Gasteiger partial charge is 0.496 e. The Balaban J connectivity index is 2.42. The minimum atomic E-state index is -3.83. The van der Waals surface area contributed by atoms with Crippen LogP contribution in [0, 0.1) is 13.8 Å². The van der Waals surface area contributed by atoms with Gasteiger partial charge in [0.15, 0.2) is 0 Å². The lowest BCUT2D eigenvalue weighted by Crippen LogP contribution is -2.15. The molecule has 0 heterocycles. The Bertz CT molecular complexity index is 859. The number of carboxylic acids is 1. The zero-order valence-electron chi connectivity index (χ0n) is 13.0. The highest BCUT2D eigenvalue weighted by molar-refractivity contribution is 7.92. The molecule has 7 heteroatoms. The summed E-state index contributed by atoms with van der Waals surface area (Å²) in [5, 5.41) is 8.97. The van der Waals surface area contributed by atoms with Gasteiger partial charge in [-0.15, -0.1) is 0 Å². The number of rotatable bonds is 5. The summed E-state index contributed by atoms with van der Waals surface area (Å²) in [6.45, 7) is 3.47. The molecule has 0 radical (unpaired) electrons. The molecule has 0 bridgehead atoms. The second-order valence-electron chi connectivity index (χ2n) is 5.01. The van der Waals surface area contributed by atoms with Gasteiger partial charge in [0.2, 0.25) is 0 Å². The third-order valence-corrected chi connectivity index (χ3v) is 5.08. The van der Waals surface area contributed by atoms with Crippen molar-refractivity contribution in [2.45, 2.75) is 18.7 Å². The molecule has 0 aliphatic rings. The van der Waals surface area contributed by atoms with Crippen molar-refractivity contribution in [2.75, 3.05) is 11.8 Å². The molecule has 0 saturated carbocycles. The summed E-state index contributed by atoms with van der Waals surface area (Å²) in [5.74, 6) is -0.517. The first-order valence-corrected chi connectivity index (χ1v) is 8.25. The SMILES string of the molecule is COc1ccc(S(=O)(=O)Nc2cccc(C(=O)O)c2)c(C)c1C. The Morgan fingerprint density at radius 2 is 1.83 bits per heavy atom. The van der Waals surface area contributed by atoms with Gasteiger partial charge in [0.25, 0.3) is 10.0 Å². The van der Waals surface area contributed by atoms with Crippen molar-refractivity contribution >= 4 is 21.7 Å². The highest BCUT2D eigenvalue weighted by atomic mass is 32.2. The molecular weight excluding hydrogens is 318 g/mol. The molecule has 0 spiro atoms. The molecule has 0 unspecified atom stereocenters. The van der Waals surface area contributed by atoms with Gasteiger partial charge in [0, 0.05) is 5.69 Å². The van der Waals surface area contributed by atoms with Crippen molar-refractivity contribution in [3.63, 3.8) is 0 Å². The molecule has 0 amide bonds. The van der Waals surface area contributed by atoms with Crippen LogP contribution in [0.15, 0.2) is 41.3 Å². The maximum absolute atomic E-state index is 12.6. The van der Waals surface area contributed by atoms with E-state index in [2.05, 4.69) is 4.72 Å². The number of carboxylic acid groups (broad SMARTS) is 1. The Morgan fingerprint density at radius 3 is 2.43 bits per heavy atom. The Hall–Kier alpha value is -2.54. The van der Waals surface area contributed by atoms with Crippen LogP contribution in [-0.4, -0.2) is 26.6 Å². The lowest BCUT2D eigenvalue weighted by molar-refractivity contribution is 0.0697. The van der Waals surface area contributed by atoms with Gasteiger partial charge in [-0.3, -0.25) is 4.72 Å². The molecule has 0 atom stereocenters. The molecule has 122 valence electrons. The van der Waals surface area contributed by atoms with E-state index < -0.39 is 16.0 Å². The highest BCUT2D eigenvalue weighted by Gasteiger charge is 2.20. The van der Waals surface area contributed by atoms with E-state index in [4.69, 9.17) is 9.84 Å². The average Bonchev–Trinajstić information content (AvgIpc) is 2.49. The van der Waals surface area contributed by atoms with E-state index >= 15 is 0 Å². The molecule has 0 fully saturated rings. The van der Waals surface area contributed by atoms with Crippen molar-refractivity contribution in [2.24, 2.45) is 0 Å². The van der Waals surface area contributed by atoms with Crippen LogP contribution >= 0.6 is 0 Å². The van der Waals surface area contributed by atoms with Gasteiger partial charge in [0.05, 0.1) is 17.6 Å². The number of hydrogen-bond donors (Lipinski definition) is 2. The molecule has 23 heavy (non-hydrogen) atoms. The normalized spacial score (nSPS) is 11.1. The molecule has 2 rings (SSSR count). The molecule has 2 N–H and O–H groups in total.